The number of methoxy groups -OCH3 is 1. The highest BCUT2D eigenvalue weighted by Crippen LogP contribution is 2.33. The summed E-state index contributed by atoms with van der Waals surface area (Å²) in [5.74, 6) is 3.05. The summed E-state index contributed by atoms with van der Waals surface area (Å²) in [6, 6.07) is 5.30. The Bertz CT molecular complexity index is 336. The molecular weight excluding hydrogens is 164 g/mol. The zero-order chi connectivity index (χ0) is 9.84. The third-order valence-electron chi connectivity index (χ3n) is 1.97. The zero-order valence-electron chi connectivity index (χ0n) is 7.74. The second kappa shape index (κ2) is 3.86. The summed E-state index contributed by atoms with van der Waals surface area (Å²) in [5.41, 5.74) is 0.724. The van der Waals surface area contributed by atoms with Crippen molar-refractivity contribution in [2.24, 2.45) is 0 Å². The quantitative estimate of drug-likeness (QED) is 0.699. The molecule has 0 aromatic heterocycles. The molecule has 0 spiro atoms. The fourth-order valence-corrected chi connectivity index (χ4v) is 1.14. The maximum atomic E-state index is 9.67. The summed E-state index contributed by atoms with van der Waals surface area (Å²) in [6.45, 7) is 1.86. The number of phenolic OH excluding ortho intramolecular Hbond substituents is 1. The van der Waals surface area contributed by atoms with E-state index in [0.717, 1.165) is 5.56 Å². The summed E-state index contributed by atoms with van der Waals surface area (Å²) in [7, 11) is 1.51. The van der Waals surface area contributed by atoms with Crippen LogP contribution in [0.4, 0.5) is 0 Å². The lowest BCUT2D eigenvalue weighted by molar-refractivity contribution is 0.370. The summed E-state index contributed by atoms with van der Waals surface area (Å²) in [5, 5.41) is 9.67. The highest BCUT2D eigenvalue weighted by molar-refractivity contribution is 5.48. The van der Waals surface area contributed by atoms with Gasteiger partial charge in [-0.2, -0.15) is 0 Å². The van der Waals surface area contributed by atoms with E-state index in [9.17, 15) is 5.11 Å². The van der Waals surface area contributed by atoms with Crippen molar-refractivity contribution in [3.63, 3.8) is 0 Å². The number of rotatable bonds is 2. The van der Waals surface area contributed by atoms with Crippen LogP contribution >= 0.6 is 0 Å². The van der Waals surface area contributed by atoms with Gasteiger partial charge in [0.05, 0.1) is 7.11 Å². The summed E-state index contributed by atoms with van der Waals surface area (Å²) < 4.78 is 4.96. The van der Waals surface area contributed by atoms with E-state index >= 15 is 0 Å². The largest absolute Gasteiger partial charge is 0.504 e. The predicted octanol–water partition coefficient (Wildman–Crippen LogP) is 2.14. The number of aromatic hydroxyl groups is 1. The number of hydrogen-bond acceptors (Lipinski definition) is 2. The minimum Gasteiger partial charge on any atom is -0.504 e. The molecule has 1 N–H and O–H groups in total. The number of benzene rings is 1. The van der Waals surface area contributed by atoms with Gasteiger partial charge in [0.2, 0.25) is 0 Å². The van der Waals surface area contributed by atoms with Gasteiger partial charge < -0.3 is 9.84 Å². The van der Waals surface area contributed by atoms with Crippen LogP contribution in [0.1, 0.15) is 18.4 Å². The zero-order valence-corrected chi connectivity index (χ0v) is 7.74. The lowest BCUT2D eigenvalue weighted by Crippen LogP contribution is -1.92. The van der Waals surface area contributed by atoms with Crippen LogP contribution in [0.15, 0.2) is 18.2 Å². The Kier molecular flexibility index (Phi) is 2.81. The third-order valence-corrected chi connectivity index (χ3v) is 1.97. The molecule has 0 aliphatic heterocycles. The van der Waals surface area contributed by atoms with E-state index in [1.54, 1.807) is 12.1 Å². The molecule has 13 heavy (non-hydrogen) atoms. The average molecular weight is 176 g/mol. The average Bonchev–Trinajstić information content (AvgIpc) is 2.17. The lowest BCUT2D eigenvalue weighted by atomic mass is 10.0. The van der Waals surface area contributed by atoms with Gasteiger partial charge in [0.1, 0.15) is 0 Å². The Balaban J connectivity index is 3.17. The molecule has 0 amide bonds. The van der Waals surface area contributed by atoms with E-state index in [4.69, 9.17) is 11.2 Å². The van der Waals surface area contributed by atoms with Crippen molar-refractivity contribution < 1.29 is 9.84 Å². The molecular formula is C11H12O2. The number of terminal acetylenes is 1. The molecule has 0 aliphatic carbocycles. The van der Waals surface area contributed by atoms with Crippen LogP contribution < -0.4 is 4.74 Å². The van der Waals surface area contributed by atoms with Crippen molar-refractivity contribution in [3.05, 3.63) is 23.8 Å². The van der Waals surface area contributed by atoms with E-state index in [2.05, 4.69) is 5.92 Å². The van der Waals surface area contributed by atoms with Crippen LogP contribution in [0.5, 0.6) is 11.5 Å². The first-order valence-electron chi connectivity index (χ1n) is 4.02. The molecule has 2 heteroatoms. The van der Waals surface area contributed by atoms with Crippen molar-refractivity contribution in [2.75, 3.05) is 7.11 Å². The van der Waals surface area contributed by atoms with E-state index in [1.807, 2.05) is 13.0 Å². The second-order valence-corrected chi connectivity index (χ2v) is 2.79. The van der Waals surface area contributed by atoms with Crippen molar-refractivity contribution in [1.29, 1.82) is 0 Å². The van der Waals surface area contributed by atoms with Crippen LogP contribution in [-0.2, 0) is 0 Å². The summed E-state index contributed by atoms with van der Waals surface area (Å²) in [4.78, 5) is 0. The maximum absolute atomic E-state index is 9.67. The molecule has 1 aromatic carbocycles. The first-order valence-corrected chi connectivity index (χ1v) is 4.02. The van der Waals surface area contributed by atoms with Gasteiger partial charge in [-0.15, -0.1) is 6.42 Å². The van der Waals surface area contributed by atoms with Gasteiger partial charge in [-0.1, -0.05) is 18.1 Å². The van der Waals surface area contributed by atoms with E-state index in [-0.39, 0.29) is 11.7 Å². The smallest absolute Gasteiger partial charge is 0.162 e. The third kappa shape index (κ3) is 1.75. The molecule has 68 valence electrons. The van der Waals surface area contributed by atoms with Crippen molar-refractivity contribution in [1.82, 2.24) is 0 Å². The number of ether oxygens (including phenoxy) is 1. The Morgan fingerprint density at radius 3 is 2.77 bits per heavy atom. The molecule has 2 nitrogen and oxygen atoms in total. The van der Waals surface area contributed by atoms with Gasteiger partial charge in [-0.05, 0) is 13.0 Å². The lowest BCUT2D eigenvalue weighted by Gasteiger charge is -2.10. The minimum absolute atomic E-state index is 0.102. The topological polar surface area (TPSA) is 29.5 Å². The minimum atomic E-state index is -0.102. The van der Waals surface area contributed by atoms with Crippen LogP contribution in [0.3, 0.4) is 0 Å². The van der Waals surface area contributed by atoms with Gasteiger partial charge in [-0.3, -0.25) is 0 Å². The SMILES string of the molecule is C#CC(C)c1cccc(OC)c1O. The standard InChI is InChI=1S/C11H12O2/c1-4-8(2)9-6-5-7-10(13-3)11(9)12/h1,5-8,12H,2-3H3. The molecule has 0 fully saturated rings. The highest BCUT2D eigenvalue weighted by Gasteiger charge is 2.11. The Labute approximate surface area is 78.2 Å². The summed E-state index contributed by atoms with van der Waals surface area (Å²) >= 11 is 0. The second-order valence-electron chi connectivity index (χ2n) is 2.79. The first-order chi connectivity index (χ1) is 6.20. The van der Waals surface area contributed by atoms with Crippen LogP contribution in [0.25, 0.3) is 0 Å². The highest BCUT2D eigenvalue weighted by atomic mass is 16.5. The molecule has 0 heterocycles. The molecule has 0 aliphatic rings. The van der Waals surface area contributed by atoms with Crippen molar-refractivity contribution in [3.8, 4) is 23.8 Å². The first kappa shape index (κ1) is 9.47. The molecule has 0 radical (unpaired) electrons. The van der Waals surface area contributed by atoms with Crippen molar-refractivity contribution in [2.45, 2.75) is 12.8 Å². The number of para-hydroxylation sites is 1. The Morgan fingerprint density at radius 1 is 1.54 bits per heavy atom. The van der Waals surface area contributed by atoms with Gasteiger partial charge in [0.25, 0.3) is 0 Å². The van der Waals surface area contributed by atoms with E-state index in [1.165, 1.54) is 7.11 Å². The Hall–Kier alpha value is -1.62. The maximum Gasteiger partial charge on any atom is 0.162 e. The molecule has 1 rings (SSSR count). The molecule has 0 saturated heterocycles. The van der Waals surface area contributed by atoms with Gasteiger partial charge in [0, 0.05) is 11.5 Å². The predicted molar refractivity (Wildman–Crippen MR) is 51.9 cm³/mol. The van der Waals surface area contributed by atoms with Gasteiger partial charge in [-0.25, -0.2) is 0 Å². The fourth-order valence-electron chi connectivity index (χ4n) is 1.14. The fraction of sp³-hybridized carbons (Fsp3) is 0.273. The Morgan fingerprint density at radius 2 is 2.23 bits per heavy atom. The number of phenols is 1. The molecule has 0 bridgehead atoms. The monoisotopic (exact) mass is 176 g/mol. The molecule has 1 aromatic rings. The van der Waals surface area contributed by atoms with Gasteiger partial charge >= 0.3 is 0 Å². The van der Waals surface area contributed by atoms with Crippen LogP contribution in [0, 0.1) is 12.3 Å². The van der Waals surface area contributed by atoms with Crippen LogP contribution in [0.2, 0.25) is 0 Å². The van der Waals surface area contributed by atoms with Crippen LogP contribution in [-0.4, -0.2) is 12.2 Å². The van der Waals surface area contributed by atoms with Crippen molar-refractivity contribution >= 4 is 0 Å². The molecule has 1 atom stereocenters. The molecule has 0 saturated carbocycles. The molecule has 1 unspecified atom stereocenters. The normalized spacial score (nSPS) is 11.8. The number of hydrogen-bond donors (Lipinski definition) is 1. The summed E-state index contributed by atoms with van der Waals surface area (Å²) in [6.07, 6.45) is 5.26. The van der Waals surface area contributed by atoms with Gasteiger partial charge in [0.15, 0.2) is 11.5 Å². The van der Waals surface area contributed by atoms with E-state index in [0.29, 0.717) is 5.75 Å². The van der Waals surface area contributed by atoms with E-state index < -0.39 is 0 Å².